The quantitative estimate of drug-likeness (QED) is 0.440. The summed E-state index contributed by atoms with van der Waals surface area (Å²) in [7, 11) is 2.40. The second kappa shape index (κ2) is 9.89. The maximum atomic E-state index is 13.0. The Morgan fingerprint density at radius 2 is 1.25 bits per heavy atom. The van der Waals surface area contributed by atoms with Gasteiger partial charge in [0.2, 0.25) is 0 Å². The highest BCUT2D eigenvalue weighted by atomic mass is 35.5. The number of carbonyl (C=O) groups is 4. The largest absolute Gasteiger partial charge is 0.465 e. The van der Waals surface area contributed by atoms with Crippen molar-refractivity contribution in [1.82, 2.24) is 0 Å². The molecule has 1 amide bonds. The van der Waals surface area contributed by atoms with Crippen LogP contribution in [0.5, 0.6) is 0 Å². The third kappa shape index (κ3) is 5.01. The zero-order chi connectivity index (χ0) is 23.3. The van der Waals surface area contributed by atoms with Crippen molar-refractivity contribution < 1.29 is 28.7 Å². The fourth-order valence-corrected chi connectivity index (χ4v) is 3.13. The number of hydrogen-bond acceptors (Lipinski definition) is 6. The summed E-state index contributed by atoms with van der Waals surface area (Å²) >= 11 is 5.88. The Bertz CT molecular complexity index is 1170. The highest BCUT2D eigenvalue weighted by Crippen LogP contribution is 2.21. The van der Waals surface area contributed by atoms with E-state index in [1.807, 2.05) is 0 Å². The fraction of sp³-hybridized carbons (Fsp3) is 0.0833. The van der Waals surface area contributed by atoms with E-state index < -0.39 is 17.8 Å². The smallest absolute Gasteiger partial charge is 0.337 e. The van der Waals surface area contributed by atoms with Gasteiger partial charge in [0, 0.05) is 21.8 Å². The lowest BCUT2D eigenvalue weighted by Crippen LogP contribution is -2.18. The molecule has 0 unspecified atom stereocenters. The Morgan fingerprint density at radius 1 is 0.719 bits per heavy atom. The number of carbonyl (C=O) groups excluding carboxylic acids is 4. The average Bonchev–Trinajstić information content (AvgIpc) is 2.82. The van der Waals surface area contributed by atoms with Gasteiger partial charge in [-0.1, -0.05) is 29.8 Å². The summed E-state index contributed by atoms with van der Waals surface area (Å²) < 4.78 is 9.40. The summed E-state index contributed by atoms with van der Waals surface area (Å²) in [5.41, 5.74) is 0.940. The van der Waals surface area contributed by atoms with E-state index >= 15 is 0 Å². The van der Waals surface area contributed by atoms with Crippen molar-refractivity contribution in [2.24, 2.45) is 0 Å². The first-order chi connectivity index (χ1) is 15.3. The molecule has 0 aliphatic carbocycles. The van der Waals surface area contributed by atoms with Crippen LogP contribution in [0.25, 0.3) is 0 Å². The lowest BCUT2D eigenvalue weighted by molar-refractivity contribution is 0.0598. The summed E-state index contributed by atoms with van der Waals surface area (Å²) in [6.45, 7) is 0. The summed E-state index contributed by atoms with van der Waals surface area (Å²) in [5, 5.41) is 3.11. The minimum atomic E-state index is -0.690. The number of methoxy groups -OCH3 is 2. The summed E-state index contributed by atoms with van der Waals surface area (Å²) in [6.07, 6.45) is 0. The van der Waals surface area contributed by atoms with Crippen molar-refractivity contribution in [2.75, 3.05) is 19.5 Å². The predicted octanol–water partition coefficient (Wildman–Crippen LogP) is 4.40. The van der Waals surface area contributed by atoms with Gasteiger partial charge in [-0.3, -0.25) is 9.59 Å². The van der Waals surface area contributed by atoms with Crippen LogP contribution in [-0.2, 0) is 9.47 Å². The van der Waals surface area contributed by atoms with Crippen molar-refractivity contribution in [3.8, 4) is 0 Å². The zero-order valence-electron chi connectivity index (χ0n) is 17.2. The molecule has 0 spiro atoms. The topological polar surface area (TPSA) is 98.8 Å². The van der Waals surface area contributed by atoms with Crippen molar-refractivity contribution in [1.29, 1.82) is 0 Å². The molecule has 0 atom stereocenters. The van der Waals surface area contributed by atoms with E-state index in [0.717, 1.165) is 0 Å². The Hall–Kier alpha value is -3.97. The monoisotopic (exact) mass is 451 g/mol. The van der Waals surface area contributed by atoms with E-state index in [1.54, 1.807) is 36.4 Å². The number of benzene rings is 3. The third-order valence-electron chi connectivity index (χ3n) is 4.56. The first-order valence-corrected chi connectivity index (χ1v) is 9.74. The van der Waals surface area contributed by atoms with Crippen LogP contribution >= 0.6 is 11.6 Å². The van der Waals surface area contributed by atoms with Gasteiger partial charge < -0.3 is 14.8 Å². The van der Waals surface area contributed by atoms with Gasteiger partial charge in [0.1, 0.15) is 0 Å². The first kappa shape index (κ1) is 22.7. The van der Waals surface area contributed by atoms with Crippen LogP contribution in [-0.4, -0.2) is 37.8 Å². The molecule has 0 saturated heterocycles. The van der Waals surface area contributed by atoms with E-state index in [9.17, 15) is 19.2 Å². The number of halogens is 1. The van der Waals surface area contributed by atoms with E-state index in [4.69, 9.17) is 21.1 Å². The molecule has 0 aliphatic heterocycles. The fourth-order valence-electron chi connectivity index (χ4n) is 3.01. The van der Waals surface area contributed by atoms with Crippen LogP contribution in [0.1, 0.15) is 47.0 Å². The Kier molecular flexibility index (Phi) is 7.02. The van der Waals surface area contributed by atoms with Gasteiger partial charge in [0.25, 0.3) is 5.91 Å². The maximum Gasteiger partial charge on any atom is 0.337 e. The number of anilines is 1. The van der Waals surface area contributed by atoms with E-state index in [1.165, 1.54) is 44.6 Å². The van der Waals surface area contributed by atoms with Crippen molar-refractivity contribution in [2.45, 2.75) is 0 Å². The minimum absolute atomic E-state index is 0.0521. The molecule has 0 bridgehead atoms. The second-order valence-corrected chi connectivity index (χ2v) is 7.05. The lowest BCUT2D eigenvalue weighted by Gasteiger charge is -2.12. The first-order valence-electron chi connectivity index (χ1n) is 9.36. The molecule has 3 aromatic carbocycles. The molecule has 0 aromatic heterocycles. The molecule has 32 heavy (non-hydrogen) atoms. The van der Waals surface area contributed by atoms with Gasteiger partial charge in [0.15, 0.2) is 5.78 Å². The molecule has 0 heterocycles. The summed E-state index contributed by atoms with van der Waals surface area (Å²) in [5.74, 6) is -2.33. The Morgan fingerprint density at radius 3 is 1.78 bits per heavy atom. The lowest BCUT2D eigenvalue weighted by atomic mass is 9.98. The highest BCUT2D eigenvalue weighted by Gasteiger charge is 2.20. The molecule has 162 valence electrons. The molecule has 7 nitrogen and oxygen atoms in total. The van der Waals surface area contributed by atoms with Gasteiger partial charge >= 0.3 is 11.9 Å². The number of esters is 2. The van der Waals surface area contributed by atoms with Crippen molar-refractivity contribution in [3.05, 3.63) is 99.6 Å². The average molecular weight is 452 g/mol. The van der Waals surface area contributed by atoms with E-state index in [0.29, 0.717) is 10.6 Å². The number of ketones is 1. The number of ether oxygens (including phenoxy) is 2. The molecular weight excluding hydrogens is 434 g/mol. The minimum Gasteiger partial charge on any atom is -0.465 e. The number of amides is 1. The van der Waals surface area contributed by atoms with Gasteiger partial charge in [-0.2, -0.15) is 0 Å². The molecule has 0 radical (unpaired) electrons. The molecule has 3 rings (SSSR count). The zero-order valence-corrected chi connectivity index (χ0v) is 17.9. The summed E-state index contributed by atoms with van der Waals surface area (Å²) in [6, 6.07) is 16.6. The second-order valence-electron chi connectivity index (χ2n) is 6.62. The van der Waals surface area contributed by atoms with Crippen LogP contribution in [0.3, 0.4) is 0 Å². The van der Waals surface area contributed by atoms with Crippen molar-refractivity contribution in [3.63, 3.8) is 0 Å². The Labute approximate surface area is 188 Å². The predicted molar refractivity (Wildman–Crippen MR) is 118 cm³/mol. The standard InChI is InChI=1S/C24H18ClNO6/c1-31-23(29)15-11-16(24(30)32-2)13-18(12-15)26-22(28)20-6-4-3-5-19(20)21(27)14-7-9-17(25)10-8-14/h3-13H,1-2H3,(H,26,28). The normalized spacial score (nSPS) is 10.2. The SMILES string of the molecule is COC(=O)c1cc(NC(=O)c2ccccc2C(=O)c2ccc(Cl)cc2)cc(C(=O)OC)c1. The number of rotatable bonds is 6. The van der Waals surface area contributed by atoms with Gasteiger partial charge in [0.05, 0.1) is 30.9 Å². The van der Waals surface area contributed by atoms with Crippen LogP contribution in [0, 0.1) is 0 Å². The molecule has 0 saturated carbocycles. The molecule has 1 N–H and O–H groups in total. The highest BCUT2D eigenvalue weighted by molar-refractivity contribution is 6.30. The van der Waals surface area contributed by atoms with E-state index in [2.05, 4.69) is 5.32 Å². The number of hydrogen-bond donors (Lipinski definition) is 1. The van der Waals surface area contributed by atoms with Gasteiger partial charge in [-0.05, 0) is 48.5 Å². The van der Waals surface area contributed by atoms with Crippen molar-refractivity contribution >= 4 is 40.9 Å². The Balaban J connectivity index is 1.96. The van der Waals surface area contributed by atoms with Gasteiger partial charge in [-0.25, -0.2) is 9.59 Å². The molecular formula is C24H18ClNO6. The molecule has 0 fully saturated rings. The van der Waals surface area contributed by atoms with Crippen LogP contribution in [0.4, 0.5) is 5.69 Å². The molecule has 0 aliphatic rings. The number of nitrogens with one attached hydrogen (secondary N) is 1. The van der Waals surface area contributed by atoms with Crippen LogP contribution in [0.15, 0.2) is 66.7 Å². The maximum absolute atomic E-state index is 13.0. The molecule has 3 aromatic rings. The summed E-state index contributed by atoms with van der Waals surface area (Å²) in [4.78, 5) is 49.9. The van der Waals surface area contributed by atoms with E-state index in [-0.39, 0.29) is 33.7 Å². The third-order valence-corrected chi connectivity index (χ3v) is 4.81. The van der Waals surface area contributed by atoms with Crippen LogP contribution < -0.4 is 5.32 Å². The van der Waals surface area contributed by atoms with Crippen LogP contribution in [0.2, 0.25) is 5.02 Å². The van der Waals surface area contributed by atoms with Gasteiger partial charge in [-0.15, -0.1) is 0 Å². The molecule has 8 heteroatoms.